The van der Waals surface area contributed by atoms with Crippen molar-refractivity contribution in [3.8, 4) is 5.75 Å². The average molecular weight is 465 g/mol. The lowest BCUT2D eigenvalue weighted by atomic mass is 10.0. The number of hydrogen-bond acceptors (Lipinski definition) is 5. The van der Waals surface area contributed by atoms with E-state index in [1.54, 1.807) is 35.2 Å². The molecule has 1 unspecified atom stereocenters. The molecule has 1 fully saturated rings. The number of rotatable bonds is 8. The van der Waals surface area contributed by atoms with Gasteiger partial charge in [-0.1, -0.05) is 37.3 Å². The predicted octanol–water partition coefficient (Wildman–Crippen LogP) is 1.96. The number of likely N-dealkylation sites (tertiary alicyclic amines) is 1. The molecule has 34 heavy (non-hydrogen) atoms. The highest BCUT2D eigenvalue weighted by atomic mass is 16.5. The van der Waals surface area contributed by atoms with E-state index >= 15 is 0 Å². The third-order valence-corrected chi connectivity index (χ3v) is 6.04. The standard InChI is InChI=1S/C25H28N4O5/c1-2-19(17-9-4-6-12-21(17)34-16-23(31)28-13-7-8-14-28)26-22(30)15-29-24(32)18-10-3-5-11-20(18)27-25(29)33/h3-6,9-12,19H,2,7-8,13-16H2,1H3,(H,26,30)(H,27,33). The Morgan fingerprint density at radius 1 is 1.06 bits per heavy atom. The van der Waals surface area contributed by atoms with Crippen molar-refractivity contribution in [1.29, 1.82) is 0 Å². The van der Waals surface area contributed by atoms with Crippen LogP contribution in [0, 0.1) is 0 Å². The summed E-state index contributed by atoms with van der Waals surface area (Å²) in [6, 6.07) is 13.5. The van der Waals surface area contributed by atoms with Crippen LogP contribution in [0.15, 0.2) is 58.1 Å². The Morgan fingerprint density at radius 2 is 1.76 bits per heavy atom. The van der Waals surface area contributed by atoms with Gasteiger partial charge in [0.2, 0.25) is 5.91 Å². The first-order valence-electron chi connectivity index (χ1n) is 11.5. The van der Waals surface area contributed by atoms with Crippen LogP contribution >= 0.6 is 0 Å². The SMILES string of the molecule is CCC(NC(=O)Cn1c(=O)[nH]c2ccccc2c1=O)c1ccccc1OCC(=O)N1CCCC1. The molecule has 2 N–H and O–H groups in total. The number of aromatic amines is 1. The Bertz CT molecular complexity index is 1310. The summed E-state index contributed by atoms with van der Waals surface area (Å²) in [6.45, 7) is 2.94. The zero-order valence-corrected chi connectivity index (χ0v) is 19.1. The van der Waals surface area contributed by atoms with E-state index in [4.69, 9.17) is 4.74 Å². The molecular weight excluding hydrogens is 436 g/mol. The molecule has 0 bridgehead atoms. The van der Waals surface area contributed by atoms with E-state index in [0.717, 1.165) is 36.1 Å². The molecule has 0 spiro atoms. The number of H-pyrrole nitrogens is 1. The summed E-state index contributed by atoms with van der Waals surface area (Å²) >= 11 is 0. The number of nitrogens with zero attached hydrogens (tertiary/aromatic N) is 2. The Hall–Kier alpha value is -3.88. The highest BCUT2D eigenvalue weighted by Gasteiger charge is 2.21. The number of ether oxygens (including phenoxy) is 1. The molecule has 1 saturated heterocycles. The van der Waals surface area contributed by atoms with Crippen LogP contribution < -0.4 is 21.3 Å². The summed E-state index contributed by atoms with van der Waals surface area (Å²) in [7, 11) is 0. The van der Waals surface area contributed by atoms with Crippen molar-refractivity contribution < 1.29 is 14.3 Å². The lowest BCUT2D eigenvalue weighted by molar-refractivity contribution is -0.132. The monoisotopic (exact) mass is 464 g/mol. The normalized spacial score (nSPS) is 14.2. The van der Waals surface area contributed by atoms with E-state index in [9.17, 15) is 19.2 Å². The van der Waals surface area contributed by atoms with Crippen LogP contribution in [0.5, 0.6) is 5.75 Å². The Kier molecular flexibility index (Phi) is 7.10. The number of carbonyl (C=O) groups excluding carboxylic acids is 2. The van der Waals surface area contributed by atoms with Crippen LogP contribution in [0.2, 0.25) is 0 Å². The minimum Gasteiger partial charge on any atom is -0.483 e. The molecule has 2 aromatic carbocycles. The first-order valence-corrected chi connectivity index (χ1v) is 11.5. The molecule has 2 heterocycles. The molecule has 1 aliphatic rings. The van der Waals surface area contributed by atoms with E-state index in [-0.39, 0.29) is 12.5 Å². The molecule has 1 aliphatic heterocycles. The first kappa shape index (κ1) is 23.3. The predicted molar refractivity (Wildman–Crippen MR) is 128 cm³/mol. The second-order valence-electron chi connectivity index (χ2n) is 8.31. The fraction of sp³-hybridized carbons (Fsp3) is 0.360. The molecule has 9 nitrogen and oxygen atoms in total. The Labute approximate surface area is 196 Å². The van der Waals surface area contributed by atoms with E-state index in [1.807, 2.05) is 25.1 Å². The lowest BCUT2D eigenvalue weighted by Gasteiger charge is -2.22. The molecule has 178 valence electrons. The van der Waals surface area contributed by atoms with Crippen LogP contribution in [-0.2, 0) is 16.1 Å². The van der Waals surface area contributed by atoms with Gasteiger partial charge in [0.25, 0.3) is 11.5 Å². The van der Waals surface area contributed by atoms with Gasteiger partial charge in [-0.2, -0.15) is 0 Å². The van der Waals surface area contributed by atoms with Gasteiger partial charge >= 0.3 is 5.69 Å². The van der Waals surface area contributed by atoms with Crippen molar-refractivity contribution in [2.24, 2.45) is 0 Å². The van der Waals surface area contributed by atoms with Gasteiger partial charge in [0.05, 0.1) is 16.9 Å². The molecule has 0 radical (unpaired) electrons. The van der Waals surface area contributed by atoms with Gasteiger partial charge in [0.15, 0.2) is 6.61 Å². The first-order chi connectivity index (χ1) is 16.5. The number of amides is 2. The van der Waals surface area contributed by atoms with Gasteiger partial charge < -0.3 is 19.9 Å². The summed E-state index contributed by atoms with van der Waals surface area (Å²) in [5.41, 5.74) is -0.00903. The third kappa shape index (κ3) is 5.03. The van der Waals surface area contributed by atoms with Crippen molar-refractivity contribution in [3.05, 3.63) is 74.9 Å². The van der Waals surface area contributed by atoms with Crippen LogP contribution in [0.25, 0.3) is 10.9 Å². The Balaban J connectivity index is 1.48. The number of aromatic nitrogens is 2. The third-order valence-electron chi connectivity index (χ3n) is 6.04. The van der Waals surface area contributed by atoms with Gasteiger partial charge in [-0.3, -0.25) is 19.0 Å². The Morgan fingerprint density at radius 3 is 2.53 bits per heavy atom. The second-order valence-corrected chi connectivity index (χ2v) is 8.31. The van der Waals surface area contributed by atoms with Gasteiger partial charge in [0, 0.05) is 18.7 Å². The topological polar surface area (TPSA) is 114 Å². The summed E-state index contributed by atoms with van der Waals surface area (Å²) < 4.78 is 6.72. The molecule has 0 saturated carbocycles. The quantitative estimate of drug-likeness (QED) is 0.529. The van der Waals surface area contributed by atoms with Crippen molar-refractivity contribution >= 4 is 22.7 Å². The summed E-state index contributed by atoms with van der Waals surface area (Å²) in [5, 5.41) is 3.23. The maximum atomic E-state index is 12.8. The van der Waals surface area contributed by atoms with E-state index in [2.05, 4.69) is 10.3 Å². The van der Waals surface area contributed by atoms with Crippen molar-refractivity contribution in [2.75, 3.05) is 19.7 Å². The summed E-state index contributed by atoms with van der Waals surface area (Å²) in [5.74, 6) is -0.0140. The van der Waals surface area contributed by atoms with Crippen LogP contribution in [0.4, 0.5) is 0 Å². The van der Waals surface area contributed by atoms with Gasteiger partial charge in [0.1, 0.15) is 12.3 Å². The highest BCUT2D eigenvalue weighted by Crippen LogP contribution is 2.27. The number of fused-ring (bicyclic) bond motifs is 1. The second kappa shape index (κ2) is 10.4. The van der Waals surface area contributed by atoms with Crippen LogP contribution in [-0.4, -0.2) is 46.0 Å². The zero-order valence-electron chi connectivity index (χ0n) is 19.1. The molecule has 1 atom stereocenters. The number of hydrogen-bond donors (Lipinski definition) is 2. The summed E-state index contributed by atoms with van der Waals surface area (Å²) in [4.78, 5) is 54.7. The zero-order chi connectivity index (χ0) is 24.1. The number of nitrogens with one attached hydrogen (secondary N) is 2. The summed E-state index contributed by atoms with van der Waals surface area (Å²) in [6.07, 6.45) is 2.57. The molecule has 2 amide bonds. The fourth-order valence-corrected chi connectivity index (χ4v) is 4.22. The number of carbonyl (C=O) groups is 2. The lowest BCUT2D eigenvalue weighted by Crippen LogP contribution is -2.41. The maximum absolute atomic E-state index is 12.8. The molecule has 0 aliphatic carbocycles. The number of para-hydroxylation sites is 2. The molecule has 3 aromatic rings. The van der Waals surface area contributed by atoms with Gasteiger partial charge in [-0.05, 0) is 37.5 Å². The van der Waals surface area contributed by atoms with E-state index in [1.165, 1.54) is 0 Å². The van der Waals surface area contributed by atoms with Gasteiger partial charge in [-0.25, -0.2) is 4.79 Å². The fourth-order valence-electron chi connectivity index (χ4n) is 4.22. The van der Waals surface area contributed by atoms with Gasteiger partial charge in [-0.15, -0.1) is 0 Å². The molecule has 4 rings (SSSR count). The van der Waals surface area contributed by atoms with Crippen molar-refractivity contribution in [1.82, 2.24) is 19.8 Å². The largest absolute Gasteiger partial charge is 0.483 e. The molecular formula is C25H28N4O5. The maximum Gasteiger partial charge on any atom is 0.329 e. The van der Waals surface area contributed by atoms with Crippen LogP contribution in [0.3, 0.4) is 0 Å². The van der Waals surface area contributed by atoms with Crippen LogP contribution in [0.1, 0.15) is 37.8 Å². The van der Waals surface area contributed by atoms with E-state index < -0.39 is 29.7 Å². The smallest absolute Gasteiger partial charge is 0.329 e. The average Bonchev–Trinajstić information content (AvgIpc) is 3.39. The highest BCUT2D eigenvalue weighted by molar-refractivity contribution is 5.79. The molecule has 9 heteroatoms. The minimum absolute atomic E-state index is 0.0562. The van der Waals surface area contributed by atoms with E-state index in [0.29, 0.717) is 23.1 Å². The van der Waals surface area contributed by atoms with Crippen molar-refractivity contribution in [2.45, 2.75) is 38.8 Å². The minimum atomic E-state index is -0.643. The number of benzene rings is 2. The van der Waals surface area contributed by atoms with Crippen molar-refractivity contribution in [3.63, 3.8) is 0 Å². The molecule has 1 aromatic heterocycles.